The lowest BCUT2D eigenvalue weighted by Gasteiger charge is -2.50. The first-order chi connectivity index (χ1) is 15.0. The number of aromatic nitrogens is 1. The van der Waals surface area contributed by atoms with Crippen molar-refractivity contribution in [2.24, 2.45) is 17.8 Å². The van der Waals surface area contributed by atoms with Gasteiger partial charge in [-0.2, -0.15) is 0 Å². The molecule has 2 amide bonds. The molecule has 0 unspecified atom stereocenters. The van der Waals surface area contributed by atoms with Crippen molar-refractivity contribution in [1.82, 2.24) is 20.3 Å². The molecule has 1 aliphatic carbocycles. The van der Waals surface area contributed by atoms with Crippen molar-refractivity contribution >= 4 is 18.3 Å². The fraction of sp³-hybridized carbons (Fsp3) is 0.727. The van der Waals surface area contributed by atoms with E-state index in [4.69, 9.17) is 14.4 Å². The van der Waals surface area contributed by atoms with E-state index in [9.17, 15) is 9.59 Å². The average molecular weight is 435 g/mol. The van der Waals surface area contributed by atoms with Gasteiger partial charge in [0, 0.05) is 38.2 Å². The van der Waals surface area contributed by atoms with Gasteiger partial charge in [0.05, 0.1) is 12.1 Å². The molecule has 1 saturated carbocycles. The lowest BCUT2D eigenvalue weighted by Crippen LogP contribution is -2.56. The van der Waals surface area contributed by atoms with Crippen molar-refractivity contribution in [2.75, 3.05) is 39.3 Å². The molecule has 3 heterocycles. The number of carbonyl (C=O) groups is 3. The first-order valence-electron chi connectivity index (χ1n) is 11.3. The molecule has 2 saturated heterocycles. The second kappa shape index (κ2) is 11.3. The fourth-order valence-electron chi connectivity index (χ4n) is 5.02. The largest absolute Gasteiger partial charge is 0.483 e. The quantitative estimate of drug-likeness (QED) is 0.649. The minimum Gasteiger partial charge on any atom is -0.483 e. The Morgan fingerprint density at radius 2 is 2.03 bits per heavy atom. The van der Waals surface area contributed by atoms with Gasteiger partial charge in [-0.3, -0.25) is 14.4 Å². The summed E-state index contributed by atoms with van der Waals surface area (Å²) >= 11 is 0. The number of carboxylic acid groups (broad SMARTS) is 1. The summed E-state index contributed by atoms with van der Waals surface area (Å²) in [5.41, 5.74) is 0.793. The molecule has 1 aromatic rings. The summed E-state index contributed by atoms with van der Waals surface area (Å²) in [7, 11) is 0. The van der Waals surface area contributed by atoms with Crippen molar-refractivity contribution in [2.45, 2.75) is 45.4 Å². The Morgan fingerprint density at radius 1 is 1.29 bits per heavy atom. The summed E-state index contributed by atoms with van der Waals surface area (Å²) in [4.78, 5) is 38.0. The Hall–Kier alpha value is -2.42. The van der Waals surface area contributed by atoms with Crippen LogP contribution in [-0.2, 0) is 20.8 Å². The van der Waals surface area contributed by atoms with E-state index in [-0.39, 0.29) is 30.6 Å². The van der Waals surface area contributed by atoms with Crippen LogP contribution in [-0.4, -0.2) is 77.6 Å². The van der Waals surface area contributed by atoms with E-state index >= 15 is 0 Å². The third-order valence-electron chi connectivity index (χ3n) is 6.75. The highest BCUT2D eigenvalue weighted by Gasteiger charge is 2.48. The standard InChI is InChI=1S/C21H32N4O3.CH2O2/c1-15-11-17(28-23-15)13-20(26)25-9-5-16-12-18(19(16)14-25)21(27)22-6-10-24-7-3-2-4-8-24;2-1-3/h11,16,18-19H,2-10,12-14H2,1H3,(H,22,27);1H,(H,2,3)/t16-,18-,19-;/m1./s1. The summed E-state index contributed by atoms with van der Waals surface area (Å²) in [6.07, 6.45) is 6.12. The lowest BCUT2D eigenvalue weighted by molar-refractivity contribution is -0.145. The second-order valence-corrected chi connectivity index (χ2v) is 8.80. The van der Waals surface area contributed by atoms with Gasteiger partial charge < -0.3 is 24.7 Å². The molecule has 0 bridgehead atoms. The monoisotopic (exact) mass is 434 g/mol. The van der Waals surface area contributed by atoms with Crippen LogP contribution >= 0.6 is 0 Å². The van der Waals surface area contributed by atoms with Crippen LogP contribution in [0.2, 0.25) is 0 Å². The third kappa shape index (κ3) is 6.29. The normalized spacial score (nSPS) is 25.5. The van der Waals surface area contributed by atoms with E-state index in [1.165, 1.54) is 19.3 Å². The van der Waals surface area contributed by atoms with Gasteiger partial charge in [-0.15, -0.1) is 0 Å². The molecular weight excluding hydrogens is 400 g/mol. The number of hydrogen-bond donors (Lipinski definition) is 2. The third-order valence-corrected chi connectivity index (χ3v) is 6.75. The number of carbonyl (C=O) groups excluding carboxylic acids is 2. The molecule has 3 aliphatic rings. The highest BCUT2D eigenvalue weighted by Crippen LogP contribution is 2.45. The van der Waals surface area contributed by atoms with E-state index in [0.29, 0.717) is 24.1 Å². The van der Waals surface area contributed by atoms with Crippen LogP contribution in [0.3, 0.4) is 0 Å². The van der Waals surface area contributed by atoms with Crippen LogP contribution in [0.1, 0.15) is 43.6 Å². The number of fused-ring (bicyclic) bond motifs is 1. The summed E-state index contributed by atoms with van der Waals surface area (Å²) in [5.74, 6) is 1.84. The number of likely N-dealkylation sites (tertiary alicyclic amines) is 2. The summed E-state index contributed by atoms with van der Waals surface area (Å²) in [5, 5.41) is 13.9. The Bertz CT molecular complexity index is 746. The van der Waals surface area contributed by atoms with Gasteiger partial charge in [0.15, 0.2) is 0 Å². The lowest BCUT2D eigenvalue weighted by atomic mass is 9.61. The Morgan fingerprint density at radius 3 is 2.71 bits per heavy atom. The molecule has 9 nitrogen and oxygen atoms in total. The van der Waals surface area contributed by atoms with Gasteiger partial charge in [0.2, 0.25) is 11.8 Å². The van der Waals surface area contributed by atoms with Crippen molar-refractivity contribution in [1.29, 1.82) is 0 Å². The van der Waals surface area contributed by atoms with Crippen molar-refractivity contribution in [3.63, 3.8) is 0 Å². The number of nitrogens with one attached hydrogen (secondary N) is 1. The minimum absolute atomic E-state index is 0.0643. The number of piperidine rings is 2. The van der Waals surface area contributed by atoms with Gasteiger partial charge in [-0.1, -0.05) is 11.6 Å². The van der Waals surface area contributed by atoms with Gasteiger partial charge in [0.1, 0.15) is 5.76 Å². The summed E-state index contributed by atoms with van der Waals surface area (Å²) in [6, 6.07) is 1.81. The molecule has 3 fully saturated rings. The Kier molecular flexibility index (Phi) is 8.45. The average Bonchev–Trinajstić information content (AvgIpc) is 3.15. The number of amides is 2. The van der Waals surface area contributed by atoms with E-state index in [1.807, 2.05) is 17.9 Å². The molecular formula is C22H34N4O5. The maximum Gasteiger partial charge on any atom is 0.290 e. The maximum atomic E-state index is 12.6. The molecule has 9 heteroatoms. The van der Waals surface area contributed by atoms with Gasteiger partial charge in [-0.05, 0) is 57.5 Å². The molecule has 31 heavy (non-hydrogen) atoms. The SMILES string of the molecule is Cc1cc(CC(=O)N2CC[C@@H]3C[C@@H](C(=O)NCCN4CCCCC4)[C@@H]3C2)on1.O=CO. The maximum absolute atomic E-state index is 12.6. The number of aryl methyl sites for hydroxylation is 1. The van der Waals surface area contributed by atoms with Crippen LogP contribution in [0.5, 0.6) is 0 Å². The van der Waals surface area contributed by atoms with E-state index < -0.39 is 0 Å². The second-order valence-electron chi connectivity index (χ2n) is 8.80. The zero-order chi connectivity index (χ0) is 22.2. The van der Waals surface area contributed by atoms with Crippen molar-refractivity contribution < 1.29 is 24.0 Å². The molecule has 3 atom stereocenters. The predicted molar refractivity (Wildman–Crippen MR) is 113 cm³/mol. The van der Waals surface area contributed by atoms with E-state index in [2.05, 4.69) is 15.4 Å². The first kappa shape index (κ1) is 23.2. The first-order valence-corrected chi connectivity index (χ1v) is 11.3. The topological polar surface area (TPSA) is 116 Å². The molecule has 0 radical (unpaired) electrons. The highest BCUT2D eigenvalue weighted by molar-refractivity contribution is 5.81. The van der Waals surface area contributed by atoms with Crippen LogP contribution in [0.15, 0.2) is 10.6 Å². The van der Waals surface area contributed by atoms with Crippen LogP contribution in [0.25, 0.3) is 0 Å². The molecule has 2 N–H and O–H groups in total. The smallest absolute Gasteiger partial charge is 0.290 e. The highest BCUT2D eigenvalue weighted by atomic mass is 16.5. The number of nitrogens with zero attached hydrogens (tertiary/aromatic N) is 3. The molecule has 172 valence electrons. The molecule has 0 spiro atoms. The van der Waals surface area contributed by atoms with Gasteiger partial charge in [-0.25, -0.2) is 0 Å². The van der Waals surface area contributed by atoms with Crippen molar-refractivity contribution in [3.05, 3.63) is 17.5 Å². The van der Waals surface area contributed by atoms with Crippen LogP contribution < -0.4 is 5.32 Å². The van der Waals surface area contributed by atoms with Gasteiger partial charge >= 0.3 is 0 Å². The molecule has 0 aromatic carbocycles. The van der Waals surface area contributed by atoms with Crippen LogP contribution in [0, 0.1) is 24.7 Å². The van der Waals surface area contributed by atoms with Gasteiger partial charge in [0.25, 0.3) is 6.47 Å². The molecule has 1 aromatic heterocycles. The van der Waals surface area contributed by atoms with Crippen LogP contribution in [0.4, 0.5) is 0 Å². The molecule has 4 rings (SSSR count). The Labute approximate surface area is 183 Å². The predicted octanol–water partition coefficient (Wildman–Crippen LogP) is 1.31. The zero-order valence-corrected chi connectivity index (χ0v) is 18.3. The summed E-state index contributed by atoms with van der Waals surface area (Å²) < 4.78 is 5.18. The minimum atomic E-state index is -0.250. The van der Waals surface area contributed by atoms with Crippen molar-refractivity contribution in [3.8, 4) is 0 Å². The fourth-order valence-corrected chi connectivity index (χ4v) is 5.02. The summed E-state index contributed by atoms with van der Waals surface area (Å²) in [6.45, 7) is 7.09. The van der Waals surface area contributed by atoms with E-state index in [1.54, 1.807) is 0 Å². The zero-order valence-electron chi connectivity index (χ0n) is 18.3. The molecule has 2 aliphatic heterocycles. The Balaban J connectivity index is 0.000000858. The number of rotatable bonds is 6. The van der Waals surface area contributed by atoms with E-state index in [0.717, 1.165) is 51.3 Å². The number of hydrogen-bond acceptors (Lipinski definition) is 6.